The smallest absolute Gasteiger partial charge is 0.416 e. The molecule has 0 aliphatic carbocycles. The average Bonchev–Trinajstić information content (AvgIpc) is 3.48. The van der Waals surface area contributed by atoms with Crippen LogP contribution in [0, 0.1) is 6.92 Å². The summed E-state index contributed by atoms with van der Waals surface area (Å²) >= 11 is 6.05. The first kappa shape index (κ1) is 22.0. The molecule has 0 amide bonds. The molecule has 0 radical (unpaired) electrons. The van der Waals surface area contributed by atoms with Crippen molar-refractivity contribution in [3.63, 3.8) is 0 Å². The molecule has 2 N–H and O–H groups in total. The van der Waals surface area contributed by atoms with Crippen LogP contribution in [0.1, 0.15) is 16.8 Å². The molecule has 0 bridgehead atoms. The van der Waals surface area contributed by atoms with Crippen molar-refractivity contribution in [3.8, 4) is 23.1 Å². The maximum atomic E-state index is 13.0. The molecule has 0 unspecified atom stereocenters. The van der Waals surface area contributed by atoms with Crippen LogP contribution in [-0.2, 0) is 19.1 Å². The number of aromatic hydroxyl groups is 1. The number of imidazole rings is 1. The number of rotatable bonds is 5. The highest BCUT2D eigenvalue weighted by Gasteiger charge is 2.30. The van der Waals surface area contributed by atoms with Crippen LogP contribution in [0.4, 0.5) is 13.2 Å². The van der Waals surface area contributed by atoms with Crippen LogP contribution in [0.2, 0.25) is 5.02 Å². The zero-order chi connectivity index (χ0) is 24.0. The van der Waals surface area contributed by atoms with Crippen molar-refractivity contribution in [2.75, 3.05) is 0 Å². The summed E-state index contributed by atoms with van der Waals surface area (Å²) in [4.78, 5) is 7.53. The summed E-state index contributed by atoms with van der Waals surface area (Å²) in [5.41, 5.74) is 2.63. The highest BCUT2D eigenvalue weighted by Crippen LogP contribution is 2.35. The van der Waals surface area contributed by atoms with Crippen LogP contribution in [0.5, 0.6) is 5.88 Å². The monoisotopic (exact) mass is 486 g/mol. The molecule has 0 fully saturated rings. The first-order chi connectivity index (χ1) is 16.2. The van der Waals surface area contributed by atoms with E-state index >= 15 is 0 Å². The van der Waals surface area contributed by atoms with Crippen LogP contribution in [0.3, 0.4) is 0 Å². The normalized spacial score (nSPS) is 12.0. The van der Waals surface area contributed by atoms with Crippen molar-refractivity contribution in [1.29, 1.82) is 0 Å². The molecular weight excluding hydrogens is 469 g/mol. The Morgan fingerprint density at radius 1 is 1.06 bits per heavy atom. The van der Waals surface area contributed by atoms with Gasteiger partial charge < -0.3 is 10.1 Å². The molecule has 3 heterocycles. The van der Waals surface area contributed by atoms with Gasteiger partial charge in [0.1, 0.15) is 5.69 Å². The van der Waals surface area contributed by atoms with Gasteiger partial charge in [0, 0.05) is 28.9 Å². The Labute approximate surface area is 196 Å². The standard InChI is InChI=1S/C23H18ClF3N6O/c1-13-8-10-32(30-13)11-9-17-20(14-2-4-15(5-3-14)23(25,26)27)31-33(21(17)34)22-28-18-7-6-16(24)12-19(18)29-22/h2-8,10,12,34H,9,11H2,1H3,(H,28,29). The van der Waals surface area contributed by atoms with Gasteiger partial charge in [0.25, 0.3) is 0 Å². The lowest BCUT2D eigenvalue weighted by Crippen LogP contribution is -2.04. The number of fused-ring (bicyclic) bond motifs is 1. The summed E-state index contributed by atoms with van der Waals surface area (Å²) in [6.07, 6.45) is -2.29. The number of H-pyrrole nitrogens is 1. The van der Waals surface area contributed by atoms with Gasteiger partial charge in [-0.25, -0.2) is 4.98 Å². The van der Waals surface area contributed by atoms with Gasteiger partial charge in [-0.3, -0.25) is 4.68 Å². The van der Waals surface area contributed by atoms with Crippen LogP contribution in [0.25, 0.3) is 28.2 Å². The zero-order valence-corrected chi connectivity index (χ0v) is 18.6. The molecule has 0 aliphatic heterocycles. The fourth-order valence-corrected chi connectivity index (χ4v) is 3.92. The zero-order valence-electron chi connectivity index (χ0n) is 17.8. The van der Waals surface area contributed by atoms with Crippen molar-refractivity contribution < 1.29 is 18.3 Å². The van der Waals surface area contributed by atoms with Gasteiger partial charge in [0.2, 0.25) is 11.8 Å². The predicted molar refractivity (Wildman–Crippen MR) is 121 cm³/mol. The van der Waals surface area contributed by atoms with Gasteiger partial charge in [-0.1, -0.05) is 23.7 Å². The molecule has 11 heteroatoms. The molecule has 0 spiro atoms. The van der Waals surface area contributed by atoms with Crippen molar-refractivity contribution in [2.45, 2.75) is 26.1 Å². The summed E-state index contributed by atoms with van der Waals surface area (Å²) < 4.78 is 42.1. The van der Waals surface area contributed by atoms with Crippen LogP contribution < -0.4 is 0 Å². The molecule has 174 valence electrons. The van der Waals surface area contributed by atoms with Crippen molar-refractivity contribution in [2.24, 2.45) is 0 Å². The number of benzene rings is 2. The topological polar surface area (TPSA) is 84.5 Å². The third kappa shape index (κ3) is 4.12. The van der Waals surface area contributed by atoms with Crippen LogP contribution in [-0.4, -0.2) is 34.6 Å². The van der Waals surface area contributed by atoms with Crippen molar-refractivity contribution in [3.05, 3.63) is 76.6 Å². The number of hydrogen-bond acceptors (Lipinski definition) is 4. The van der Waals surface area contributed by atoms with E-state index in [-0.39, 0.29) is 11.8 Å². The largest absolute Gasteiger partial charge is 0.493 e. The fourth-order valence-electron chi connectivity index (χ4n) is 3.75. The van der Waals surface area contributed by atoms with Gasteiger partial charge in [0.05, 0.1) is 22.3 Å². The summed E-state index contributed by atoms with van der Waals surface area (Å²) in [5, 5.41) is 20.5. The molecule has 34 heavy (non-hydrogen) atoms. The lowest BCUT2D eigenvalue weighted by atomic mass is 10.0. The van der Waals surface area contributed by atoms with E-state index in [4.69, 9.17) is 11.6 Å². The highest BCUT2D eigenvalue weighted by atomic mass is 35.5. The van der Waals surface area contributed by atoms with E-state index in [0.717, 1.165) is 17.8 Å². The Hall–Kier alpha value is -3.79. The minimum Gasteiger partial charge on any atom is -0.493 e. The second kappa shape index (κ2) is 8.21. The quantitative estimate of drug-likeness (QED) is 0.341. The summed E-state index contributed by atoms with van der Waals surface area (Å²) in [7, 11) is 0. The molecule has 0 saturated carbocycles. The number of aromatic amines is 1. The lowest BCUT2D eigenvalue weighted by molar-refractivity contribution is -0.137. The second-order valence-electron chi connectivity index (χ2n) is 7.83. The van der Waals surface area contributed by atoms with E-state index in [2.05, 4.69) is 20.2 Å². The number of alkyl halides is 3. The van der Waals surface area contributed by atoms with E-state index < -0.39 is 11.7 Å². The lowest BCUT2D eigenvalue weighted by Gasteiger charge is -2.08. The third-order valence-corrected chi connectivity index (χ3v) is 5.67. The maximum Gasteiger partial charge on any atom is 0.416 e. The molecule has 0 saturated heterocycles. The third-order valence-electron chi connectivity index (χ3n) is 5.44. The molecule has 5 aromatic rings. The maximum absolute atomic E-state index is 13.0. The first-order valence-electron chi connectivity index (χ1n) is 10.3. The van der Waals surface area contributed by atoms with Gasteiger partial charge in [-0.15, -0.1) is 0 Å². The summed E-state index contributed by atoms with van der Waals surface area (Å²) in [6, 6.07) is 11.7. The molecule has 0 atom stereocenters. The highest BCUT2D eigenvalue weighted by molar-refractivity contribution is 6.31. The SMILES string of the molecule is Cc1ccn(CCc2c(-c3ccc(C(F)(F)F)cc3)nn(-c3nc4ccc(Cl)cc4[nH]3)c2O)n1. The number of nitrogens with one attached hydrogen (secondary N) is 1. The number of hydrogen-bond donors (Lipinski definition) is 2. The number of aryl methyl sites for hydroxylation is 2. The molecule has 3 aromatic heterocycles. The van der Waals surface area contributed by atoms with E-state index in [1.54, 1.807) is 22.9 Å². The second-order valence-corrected chi connectivity index (χ2v) is 8.27. The van der Waals surface area contributed by atoms with Gasteiger partial charge in [0.15, 0.2) is 0 Å². The van der Waals surface area contributed by atoms with Gasteiger partial charge >= 0.3 is 6.18 Å². The molecule has 7 nitrogen and oxygen atoms in total. The summed E-state index contributed by atoms with van der Waals surface area (Å²) in [6.45, 7) is 2.31. The molecular formula is C23H18ClF3N6O. The van der Waals surface area contributed by atoms with E-state index in [0.29, 0.717) is 45.8 Å². The number of halogens is 4. The van der Waals surface area contributed by atoms with E-state index in [9.17, 15) is 18.3 Å². The Bertz CT molecular complexity index is 1480. The molecule has 2 aromatic carbocycles. The Balaban J connectivity index is 1.59. The minimum atomic E-state index is -4.45. The van der Waals surface area contributed by atoms with E-state index in [1.807, 2.05) is 19.2 Å². The van der Waals surface area contributed by atoms with Gasteiger partial charge in [-0.05, 0) is 49.7 Å². The molecule has 5 rings (SSSR count). The first-order valence-corrected chi connectivity index (χ1v) is 10.7. The van der Waals surface area contributed by atoms with Crippen LogP contribution >= 0.6 is 11.6 Å². The van der Waals surface area contributed by atoms with Crippen molar-refractivity contribution >= 4 is 22.6 Å². The summed E-state index contributed by atoms with van der Waals surface area (Å²) in [5.74, 6) is 0.0908. The Morgan fingerprint density at radius 3 is 2.50 bits per heavy atom. The Kier molecular flexibility index (Phi) is 5.32. The van der Waals surface area contributed by atoms with Gasteiger partial charge in [-0.2, -0.15) is 28.1 Å². The number of aromatic nitrogens is 6. The molecule has 0 aliphatic rings. The van der Waals surface area contributed by atoms with Crippen molar-refractivity contribution in [1.82, 2.24) is 29.5 Å². The number of nitrogens with zero attached hydrogens (tertiary/aromatic N) is 5. The predicted octanol–water partition coefficient (Wildman–Crippen LogP) is 5.54. The van der Waals surface area contributed by atoms with Crippen LogP contribution in [0.15, 0.2) is 54.7 Å². The average molecular weight is 487 g/mol. The minimum absolute atomic E-state index is 0.163. The van der Waals surface area contributed by atoms with E-state index in [1.165, 1.54) is 16.8 Å². The Morgan fingerprint density at radius 2 is 1.82 bits per heavy atom. The fraction of sp³-hybridized carbons (Fsp3) is 0.174.